The Morgan fingerprint density at radius 2 is 1.54 bits per heavy atom. The van der Waals surface area contributed by atoms with E-state index in [9.17, 15) is 18.0 Å². The third-order valence-electron chi connectivity index (χ3n) is 5.80. The van der Waals surface area contributed by atoms with E-state index in [4.69, 9.17) is 46.4 Å². The quantitative estimate of drug-likeness (QED) is 0.264. The van der Waals surface area contributed by atoms with Gasteiger partial charge in [-0.2, -0.15) is 0 Å². The first-order valence-corrected chi connectivity index (χ1v) is 14.9. The minimum Gasteiger partial charge on any atom is -0.354 e. The molecule has 0 fully saturated rings. The lowest BCUT2D eigenvalue weighted by Crippen LogP contribution is -2.51. The Labute approximate surface area is 248 Å². The lowest BCUT2D eigenvalue weighted by Gasteiger charge is -2.32. The van der Waals surface area contributed by atoms with Crippen molar-refractivity contribution in [2.24, 2.45) is 0 Å². The molecule has 3 rings (SSSR count). The molecule has 0 aliphatic rings. The first kappa shape index (κ1) is 31.0. The average molecular weight is 631 g/mol. The van der Waals surface area contributed by atoms with Gasteiger partial charge in [-0.15, -0.1) is 0 Å². The molecule has 208 valence electrons. The summed E-state index contributed by atoms with van der Waals surface area (Å²) in [5.74, 6) is -1.01. The minimum absolute atomic E-state index is 0.0219. The summed E-state index contributed by atoms with van der Waals surface area (Å²) in [4.78, 5) is 28.0. The van der Waals surface area contributed by atoms with E-state index < -0.39 is 28.5 Å². The molecule has 0 saturated heterocycles. The largest absolute Gasteiger partial charge is 0.354 e. The lowest BCUT2D eigenvalue weighted by atomic mass is 10.1. The van der Waals surface area contributed by atoms with Crippen LogP contribution in [-0.2, 0) is 26.2 Å². The van der Waals surface area contributed by atoms with Gasteiger partial charge in [-0.1, -0.05) is 77.6 Å². The van der Waals surface area contributed by atoms with Crippen molar-refractivity contribution in [2.45, 2.75) is 37.8 Å². The third-order valence-corrected chi connectivity index (χ3v) is 8.76. The summed E-state index contributed by atoms with van der Waals surface area (Å²) in [5, 5.41) is 3.79. The summed E-state index contributed by atoms with van der Waals surface area (Å²) >= 11 is 24.6. The molecule has 39 heavy (non-hydrogen) atoms. The number of sulfonamides is 1. The molecule has 0 bridgehead atoms. The number of anilines is 1. The van der Waals surface area contributed by atoms with E-state index in [0.29, 0.717) is 23.6 Å². The summed E-state index contributed by atoms with van der Waals surface area (Å²) in [7, 11) is -4.23. The zero-order chi connectivity index (χ0) is 28.7. The van der Waals surface area contributed by atoms with Gasteiger partial charge < -0.3 is 10.2 Å². The molecule has 0 aromatic heterocycles. The number of benzene rings is 3. The van der Waals surface area contributed by atoms with Crippen LogP contribution < -0.4 is 9.62 Å². The number of carbonyl (C=O) groups is 2. The smallest absolute Gasteiger partial charge is 0.264 e. The topological polar surface area (TPSA) is 86.8 Å². The summed E-state index contributed by atoms with van der Waals surface area (Å²) in [6.07, 6.45) is 0.706. The van der Waals surface area contributed by atoms with Crippen molar-refractivity contribution in [3.63, 3.8) is 0 Å². The molecule has 0 aliphatic carbocycles. The van der Waals surface area contributed by atoms with Crippen LogP contribution in [0.1, 0.15) is 25.8 Å². The monoisotopic (exact) mass is 629 g/mol. The SMILES string of the molecule is CCCNC(=O)[C@@H](C)N(Cc1ccc(Cl)c(Cl)c1)C(=O)CN(c1cc(Cl)cc(Cl)c1)S(=O)(=O)c1ccccc1. The normalized spacial score (nSPS) is 12.1. The summed E-state index contributed by atoms with van der Waals surface area (Å²) < 4.78 is 28.4. The first-order chi connectivity index (χ1) is 18.4. The van der Waals surface area contributed by atoms with Crippen LogP contribution in [0, 0.1) is 0 Å². The maximum Gasteiger partial charge on any atom is 0.264 e. The van der Waals surface area contributed by atoms with Crippen molar-refractivity contribution in [2.75, 3.05) is 17.4 Å². The van der Waals surface area contributed by atoms with Gasteiger partial charge >= 0.3 is 0 Å². The van der Waals surface area contributed by atoms with Gasteiger partial charge in [0.1, 0.15) is 12.6 Å². The first-order valence-electron chi connectivity index (χ1n) is 12.0. The number of nitrogens with one attached hydrogen (secondary N) is 1. The fourth-order valence-electron chi connectivity index (χ4n) is 3.74. The third kappa shape index (κ3) is 8.02. The fraction of sp³-hybridized carbons (Fsp3) is 0.259. The molecule has 2 amide bonds. The van der Waals surface area contributed by atoms with Crippen LogP contribution in [-0.4, -0.2) is 44.3 Å². The highest BCUT2D eigenvalue weighted by atomic mass is 35.5. The van der Waals surface area contributed by atoms with Crippen molar-refractivity contribution >= 4 is 73.9 Å². The number of halogens is 4. The second kappa shape index (κ2) is 13.7. The highest BCUT2D eigenvalue weighted by Gasteiger charge is 2.32. The maximum absolute atomic E-state index is 13.9. The Morgan fingerprint density at radius 1 is 0.897 bits per heavy atom. The summed E-state index contributed by atoms with van der Waals surface area (Å²) in [6.45, 7) is 3.26. The van der Waals surface area contributed by atoms with Gasteiger partial charge in [0.15, 0.2) is 0 Å². The number of rotatable bonds is 11. The predicted octanol–water partition coefficient (Wildman–Crippen LogP) is 6.44. The second-order valence-electron chi connectivity index (χ2n) is 8.69. The number of carbonyl (C=O) groups excluding carboxylic acids is 2. The molecule has 1 N–H and O–H groups in total. The number of nitrogens with zero attached hydrogens (tertiary/aromatic N) is 2. The molecule has 7 nitrogen and oxygen atoms in total. The van der Waals surface area contributed by atoms with E-state index in [1.54, 1.807) is 43.3 Å². The van der Waals surface area contributed by atoms with Crippen molar-refractivity contribution in [1.29, 1.82) is 0 Å². The van der Waals surface area contributed by atoms with Gasteiger partial charge in [-0.25, -0.2) is 8.42 Å². The molecule has 3 aromatic carbocycles. The van der Waals surface area contributed by atoms with E-state index in [1.807, 2.05) is 6.92 Å². The molecule has 0 radical (unpaired) electrons. The van der Waals surface area contributed by atoms with Gasteiger partial charge in [-0.3, -0.25) is 13.9 Å². The zero-order valence-electron chi connectivity index (χ0n) is 21.2. The Hall–Kier alpha value is -2.49. The maximum atomic E-state index is 13.9. The summed E-state index contributed by atoms with van der Waals surface area (Å²) in [6, 6.07) is 15.9. The number of hydrogen-bond acceptors (Lipinski definition) is 4. The molecule has 1 atom stereocenters. The van der Waals surface area contributed by atoms with Gasteiger partial charge in [0.2, 0.25) is 11.8 Å². The van der Waals surface area contributed by atoms with E-state index in [2.05, 4.69) is 5.32 Å². The van der Waals surface area contributed by atoms with Crippen molar-refractivity contribution in [3.8, 4) is 0 Å². The van der Waals surface area contributed by atoms with E-state index in [0.717, 1.165) is 4.31 Å². The predicted molar refractivity (Wildman–Crippen MR) is 157 cm³/mol. The van der Waals surface area contributed by atoms with Gasteiger partial charge in [-0.05, 0) is 61.4 Å². The van der Waals surface area contributed by atoms with Crippen LogP contribution in [0.25, 0.3) is 0 Å². The number of amides is 2. The van der Waals surface area contributed by atoms with E-state index in [-0.39, 0.29) is 38.1 Å². The molecular formula is C27H27Cl4N3O4S. The van der Waals surface area contributed by atoms with E-state index in [1.165, 1.54) is 35.2 Å². The van der Waals surface area contributed by atoms with Crippen molar-refractivity contribution in [1.82, 2.24) is 10.2 Å². The van der Waals surface area contributed by atoms with Crippen molar-refractivity contribution < 1.29 is 18.0 Å². The molecule has 12 heteroatoms. The average Bonchev–Trinajstić information content (AvgIpc) is 2.90. The highest BCUT2D eigenvalue weighted by molar-refractivity contribution is 7.92. The minimum atomic E-state index is -4.23. The Bertz CT molecular complexity index is 1420. The Balaban J connectivity index is 2.05. The zero-order valence-corrected chi connectivity index (χ0v) is 25.0. The number of hydrogen-bond donors (Lipinski definition) is 1. The van der Waals surface area contributed by atoms with Crippen LogP contribution in [0.3, 0.4) is 0 Å². The fourth-order valence-corrected chi connectivity index (χ4v) is 6.00. The van der Waals surface area contributed by atoms with Gasteiger partial charge in [0, 0.05) is 23.1 Å². The second-order valence-corrected chi connectivity index (χ2v) is 12.2. The molecular weight excluding hydrogens is 604 g/mol. The van der Waals surface area contributed by atoms with Crippen molar-refractivity contribution in [3.05, 3.63) is 92.4 Å². The molecule has 3 aromatic rings. The van der Waals surface area contributed by atoms with Crippen LogP contribution in [0.4, 0.5) is 5.69 Å². The van der Waals surface area contributed by atoms with E-state index >= 15 is 0 Å². The van der Waals surface area contributed by atoms with Gasteiger partial charge in [0.05, 0.1) is 20.6 Å². The van der Waals surface area contributed by atoms with Crippen LogP contribution in [0.5, 0.6) is 0 Å². The molecule has 0 aliphatic heterocycles. The summed E-state index contributed by atoms with van der Waals surface area (Å²) in [5.41, 5.74) is 0.707. The standard InChI is InChI=1S/C27H27Cl4N3O4S/c1-3-11-32-27(36)18(2)33(16-19-9-10-24(30)25(31)12-19)26(35)17-34(22-14-20(28)13-21(29)15-22)39(37,38)23-7-5-4-6-8-23/h4-10,12-15,18H,3,11,16-17H2,1-2H3,(H,32,36)/t18-/m1/s1. The Kier molecular flexibility index (Phi) is 10.9. The molecule has 0 unspecified atom stereocenters. The molecule has 0 saturated carbocycles. The lowest BCUT2D eigenvalue weighted by molar-refractivity contribution is -0.139. The highest BCUT2D eigenvalue weighted by Crippen LogP contribution is 2.30. The van der Waals surface area contributed by atoms with Crippen LogP contribution in [0.2, 0.25) is 20.1 Å². The molecule has 0 spiro atoms. The molecule has 0 heterocycles. The van der Waals surface area contributed by atoms with Crippen LogP contribution >= 0.6 is 46.4 Å². The Morgan fingerprint density at radius 3 is 2.13 bits per heavy atom. The van der Waals surface area contributed by atoms with Gasteiger partial charge in [0.25, 0.3) is 10.0 Å². The van der Waals surface area contributed by atoms with Crippen LogP contribution in [0.15, 0.2) is 71.6 Å².